The van der Waals surface area contributed by atoms with Gasteiger partial charge in [0, 0.05) is 11.4 Å². The number of carbonyl (C=O) groups is 2. The van der Waals surface area contributed by atoms with Crippen LogP contribution in [0.3, 0.4) is 0 Å². The minimum atomic E-state index is -1.07. The molecule has 1 saturated heterocycles. The Hall–Kier alpha value is -1.76. The van der Waals surface area contributed by atoms with E-state index >= 15 is 0 Å². The molecule has 0 spiro atoms. The number of nitrogens with two attached hydrogens (primary N) is 1. The zero-order valence-electron chi connectivity index (χ0n) is 11.7. The molecule has 1 amide bonds. The quantitative estimate of drug-likeness (QED) is 0.834. The van der Waals surface area contributed by atoms with E-state index in [0.29, 0.717) is 5.75 Å². The molecule has 1 aliphatic rings. The molecule has 114 valence electrons. The van der Waals surface area contributed by atoms with Crippen LogP contribution in [0.4, 0.5) is 10.1 Å². The van der Waals surface area contributed by atoms with Crippen LogP contribution in [0.1, 0.15) is 24.2 Å². The molecular formula is C14H17FN2O3S. The zero-order chi connectivity index (χ0) is 15.7. The molecule has 1 aliphatic heterocycles. The first kappa shape index (κ1) is 15.6. The van der Waals surface area contributed by atoms with Gasteiger partial charge in [-0.15, -0.1) is 11.8 Å². The lowest BCUT2D eigenvalue weighted by atomic mass is 10.1. The van der Waals surface area contributed by atoms with Gasteiger partial charge in [-0.1, -0.05) is 13.8 Å². The van der Waals surface area contributed by atoms with Gasteiger partial charge < -0.3 is 15.7 Å². The third-order valence-electron chi connectivity index (χ3n) is 3.35. The lowest BCUT2D eigenvalue weighted by Gasteiger charge is -2.29. The molecule has 0 radical (unpaired) electrons. The second-order valence-electron chi connectivity index (χ2n) is 5.27. The van der Waals surface area contributed by atoms with Crippen molar-refractivity contribution in [2.24, 2.45) is 5.92 Å². The first-order valence-electron chi connectivity index (χ1n) is 6.55. The maximum Gasteiger partial charge on any atom is 0.327 e. The van der Waals surface area contributed by atoms with Crippen LogP contribution >= 0.6 is 11.8 Å². The van der Waals surface area contributed by atoms with Gasteiger partial charge >= 0.3 is 5.97 Å². The Bertz CT molecular complexity index is 579. The van der Waals surface area contributed by atoms with Crippen molar-refractivity contribution < 1.29 is 19.1 Å². The Morgan fingerprint density at radius 1 is 1.48 bits per heavy atom. The summed E-state index contributed by atoms with van der Waals surface area (Å²) >= 11 is 1.40. The molecular weight excluding hydrogens is 295 g/mol. The number of halogens is 1. The number of nitrogen functional groups attached to an aromatic ring is 1. The van der Waals surface area contributed by atoms with Crippen molar-refractivity contribution in [3.05, 3.63) is 29.6 Å². The molecule has 5 nitrogen and oxygen atoms in total. The smallest absolute Gasteiger partial charge is 0.327 e. The van der Waals surface area contributed by atoms with Gasteiger partial charge in [0.05, 0.1) is 10.9 Å². The van der Waals surface area contributed by atoms with Crippen LogP contribution in [-0.4, -0.2) is 39.1 Å². The Morgan fingerprint density at radius 2 is 2.14 bits per heavy atom. The second kappa shape index (κ2) is 5.93. The molecule has 21 heavy (non-hydrogen) atoms. The first-order chi connectivity index (χ1) is 9.82. The first-order valence-corrected chi connectivity index (χ1v) is 7.60. The number of anilines is 1. The van der Waals surface area contributed by atoms with Crippen molar-refractivity contribution >= 4 is 29.3 Å². The van der Waals surface area contributed by atoms with E-state index in [-0.39, 0.29) is 22.5 Å². The van der Waals surface area contributed by atoms with E-state index in [9.17, 15) is 19.1 Å². The standard InChI is InChI=1S/C14H17FN2O3S/c1-7(2)13-17(11(6-21-13)14(19)20)12(18)9-4-3-8(16)5-10(9)15/h3-5,7,11,13H,6,16H2,1-2H3,(H,19,20). The van der Waals surface area contributed by atoms with Gasteiger partial charge in [0.15, 0.2) is 0 Å². The van der Waals surface area contributed by atoms with Gasteiger partial charge in [0.1, 0.15) is 11.9 Å². The van der Waals surface area contributed by atoms with Crippen molar-refractivity contribution in [1.82, 2.24) is 4.90 Å². The third kappa shape index (κ3) is 2.97. The van der Waals surface area contributed by atoms with E-state index in [1.165, 1.54) is 28.8 Å². The molecule has 1 aromatic carbocycles. The van der Waals surface area contributed by atoms with Crippen molar-refractivity contribution in [2.75, 3.05) is 11.5 Å². The Morgan fingerprint density at radius 3 is 2.67 bits per heavy atom. The molecule has 0 aromatic heterocycles. The van der Waals surface area contributed by atoms with E-state index in [1.807, 2.05) is 13.8 Å². The average Bonchev–Trinajstić information content (AvgIpc) is 2.82. The van der Waals surface area contributed by atoms with Gasteiger partial charge in [-0.2, -0.15) is 0 Å². The van der Waals surface area contributed by atoms with Gasteiger partial charge in [0.2, 0.25) is 0 Å². The summed E-state index contributed by atoms with van der Waals surface area (Å²) in [6.07, 6.45) is 0. The van der Waals surface area contributed by atoms with Gasteiger partial charge in [0.25, 0.3) is 5.91 Å². The molecule has 0 aliphatic carbocycles. The molecule has 1 heterocycles. The summed E-state index contributed by atoms with van der Waals surface area (Å²) in [4.78, 5) is 25.2. The van der Waals surface area contributed by atoms with Crippen molar-refractivity contribution in [2.45, 2.75) is 25.3 Å². The minimum Gasteiger partial charge on any atom is -0.480 e. The average molecular weight is 312 g/mol. The minimum absolute atomic E-state index is 0.0696. The van der Waals surface area contributed by atoms with Crippen LogP contribution < -0.4 is 5.73 Å². The van der Waals surface area contributed by atoms with Crippen molar-refractivity contribution in [3.8, 4) is 0 Å². The largest absolute Gasteiger partial charge is 0.480 e. The number of carbonyl (C=O) groups excluding carboxylic acids is 1. The number of benzene rings is 1. The summed E-state index contributed by atoms with van der Waals surface area (Å²) < 4.78 is 13.9. The fourth-order valence-electron chi connectivity index (χ4n) is 2.33. The number of carboxylic acid groups (broad SMARTS) is 1. The fraction of sp³-hybridized carbons (Fsp3) is 0.429. The lowest BCUT2D eigenvalue weighted by molar-refractivity contribution is -0.141. The zero-order valence-corrected chi connectivity index (χ0v) is 12.6. The SMILES string of the molecule is CC(C)C1SCC(C(=O)O)N1C(=O)c1ccc(N)cc1F. The third-order valence-corrected chi connectivity index (χ3v) is 4.97. The van der Waals surface area contributed by atoms with Crippen molar-refractivity contribution in [1.29, 1.82) is 0 Å². The number of hydrogen-bond acceptors (Lipinski definition) is 4. The molecule has 2 unspecified atom stereocenters. The number of hydrogen-bond donors (Lipinski definition) is 2. The molecule has 1 fully saturated rings. The number of aliphatic carboxylic acids is 1. The van der Waals surface area contributed by atoms with Crippen LogP contribution in [-0.2, 0) is 4.79 Å². The van der Waals surface area contributed by atoms with E-state index in [2.05, 4.69) is 0 Å². The highest BCUT2D eigenvalue weighted by atomic mass is 32.2. The molecule has 2 rings (SSSR count). The molecule has 0 saturated carbocycles. The Labute approximate surface area is 126 Å². The molecule has 2 atom stereocenters. The predicted octanol–water partition coefficient (Wildman–Crippen LogP) is 2.03. The van der Waals surface area contributed by atoms with Gasteiger partial charge in [-0.25, -0.2) is 9.18 Å². The number of carboxylic acids is 1. The number of nitrogens with zero attached hydrogens (tertiary/aromatic N) is 1. The highest BCUT2D eigenvalue weighted by molar-refractivity contribution is 8.00. The summed E-state index contributed by atoms with van der Waals surface area (Å²) in [5, 5.41) is 8.99. The van der Waals surface area contributed by atoms with Crippen LogP contribution in [0.5, 0.6) is 0 Å². The monoisotopic (exact) mass is 312 g/mol. The van der Waals surface area contributed by atoms with Crippen LogP contribution in [0.25, 0.3) is 0 Å². The Balaban J connectivity index is 2.39. The summed E-state index contributed by atoms with van der Waals surface area (Å²) in [6, 6.07) is 2.86. The topological polar surface area (TPSA) is 83.6 Å². The van der Waals surface area contributed by atoms with E-state index in [1.54, 1.807) is 0 Å². The second-order valence-corrected chi connectivity index (χ2v) is 6.42. The number of amides is 1. The Kier molecular flexibility index (Phi) is 4.41. The van der Waals surface area contributed by atoms with Crippen LogP contribution in [0.15, 0.2) is 18.2 Å². The molecule has 7 heteroatoms. The maximum atomic E-state index is 13.9. The number of thioether (sulfide) groups is 1. The predicted molar refractivity (Wildman–Crippen MR) is 79.5 cm³/mol. The van der Waals surface area contributed by atoms with Gasteiger partial charge in [-0.3, -0.25) is 4.79 Å². The highest BCUT2D eigenvalue weighted by Crippen LogP contribution is 2.35. The summed E-state index contributed by atoms with van der Waals surface area (Å²) in [7, 11) is 0. The molecule has 1 aromatic rings. The molecule has 3 N–H and O–H groups in total. The number of rotatable bonds is 3. The summed E-state index contributed by atoms with van der Waals surface area (Å²) in [6.45, 7) is 3.81. The maximum absolute atomic E-state index is 13.9. The van der Waals surface area contributed by atoms with Crippen molar-refractivity contribution in [3.63, 3.8) is 0 Å². The van der Waals surface area contributed by atoms with E-state index < -0.39 is 23.7 Å². The highest BCUT2D eigenvalue weighted by Gasteiger charge is 2.43. The summed E-state index contributed by atoms with van der Waals surface area (Å²) in [5.41, 5.74) is 5.54. The van der Waals surface area contributed by atoms with E-state index in [4.69, 9.17) is 5.73 Å². The lowest BCUT2D eigenvalue weighted by Crippen LogP contribution is -2.47. The van der Waals surface area contributed by atoms with E-state index in [0.717, 1.165) is 6.07 Å². The molecule has 0 bridgehead atoms. The normalized spacial score (nSPS) is 21.8. The van der Waals surface area contributed by atoms with Gasteiger partial charge in [-0.05, 0) is 24.1 Å². The summed E-state index contributed by atoms with van der Waals surface area (Å²) in [5.74, 6) is -2.04. The van der Waals surface area contributed by atoms with Crippen LogP contribution in [0, 0.1) is 11.7 Å². The fourth-order valence-corrected chi connectivity index (χ4v) is 3.80. The van der Waals surface area contributed by atoms with Crippen LogP contribution in [0.2, 0.25) is 0 Å².